The van der Waals surface area contributed by atoms with Gasteiger partial charge in [0, 0.05) is 45.8 Å². The fourth-order valence-corrected chi connectivity index (χ4v) is 4.18. The number of halogens is 1. The number of benzene rings is 2. The van der Waals surface area contributed by atoms with Crippen molar-refractivity contribution in [3.05, 3.63) is 65.2 Å². The van der Waals surface area contributed by atoms with Crippen LogP contribution < -0.4 is 10.1 Å². The van der Waals surface area contributed by atoms with Gasteiger partial charge in [-0.1, -0.05) is 36.4 Å². The van der Waals surface area contributed by atoms with Gasteiger partial charge in [-0.2, -0.15) is 0 Å². The molecule has 30 heavy (non-hydrogen) atoms. The molecule has 0 aromatic heterocycles. The molecule has 0 aliphatic carbocycles. The Hall–Kier alpha value is -1.80. The van der Waals surface area contributed by atoms with Crippen LogP contribution in [0.2, 0.25) is 0 Å². The van der Waals surface area contributed by atoms with Gasteiger partial charge in [0.15, 0.2) is 5.96 Å². The molecule has 0 radical (unpaired) electrons. The summed E-state index contributed by atoms with van der Waals surface area (Å²) in [6.07, 6.45) is 2.04. The summed E-state index contributed by atoms with van der Waals surface area (Å²) in [4.78, 5) is 6.68. The molecule has 0 saturated carbocycles. The topological polar surface area (TPSA) is 46.1 Å². The third kappa shape index (κ3) is 5.88. The number of aryl methyl sites for hydroxylation is 1. The lowest BCUT2D eigenvalue weighted by molar-refractivity contribution is 0.0510. The molecule has 1 aliphatic rings. The Morgan fingerprint density at radius 2 is 1.80 bits per heavy atom. The summed E-state index contributed by atoms with van der Waals surface area (Å²) in [5, 5.41) is 3.64. The molecule has 0 atom stereocenters. The number of aliphatic imine (C=N–C) groups is 1. The van der Waals surface area contributed by atoms with E-state index in [-0.39, 0.29) is 29.4 Å². The molecule has 0 unspecified atom stereocenters. The largest absolute Gasteiger partial charge is 0.497 e. The van der Waals surface area contributed by atoms with Crippen molar-refractivity contribution in [1.29, 1.82) is 0 Å². The number of rotatable bonds is 6. The fraction of sp³-hybridized carbons (Fsp3) is 0.458. The molecule has 1 aliphatic heterocycles. The van der Waals surface area contributed by atoms with Gasteiger partial charge >= 0.3 is 0 Å². The van der Waals surface area contributed by atoms with Crippen molar-refractivity contribution in [2.75, 3.05) is 41.0 Å². The summed E-state index contributed by atoms with van der Waals surface area (Å²) in [7, 11) is 5.61. The number of methoxy groups -OCH3 is 1. The second-order valence-electron chi connectivity index (χ2n) is 7.81. The van der Waals surface area contributed by atoms with E-state index in [9.17, 15) is 0 Å². The van der Waals surface area contributed by atoms with Crippen LogP contribution in [0, 0.1) is 6.92 Å². The van der Waals surface area contributed by atoms with Crippen molar-refractivity contribution in [2.24, 2.45) is 4.99 Å². The van der Waals surface area contributed by atoms with Crippen molar-refractivity contribution in [2.45, 2.75) is 31.7 Å². The van der Waals surface area contributed by atoms with E-state index in [1.54, 1.807) is 7.11 Å². The van der Waals surface area contributed by atoms with Crippen LogP contribution in [-0.2, 0) is 16.7 Å². The van der Waals surface area contributed by atoms with Crippen LogP contribution in [0.25, 0.3) is 0 Å². The lowest BCUT2D eigenvalue weighted by Gasteiger charge is -2.39. The average molecular weight is 523 g/mol. The van der Waals surface area contributed by atoms with Gasteiger partial charge in [-0.25, -0.2) is 0 Å². The Kier molecular flexibility index (Phi) is 9.42. The van der Waals surface area contributed by atoms with Crippen LogP contribution in [0.3, 0.4) is 0 Å². The van der Waals surface area contributed by atoms with Crippen LogP contribution in [0.5, 0.6) is 5.75 Å². The molecule has 5 nitrogen and oxygen atoms in total. The Morgan fingerprint density at radius 3 is 2.40 bits per heavy atom. The zero-order valence-electron chi connectivity index (χ0n) is 18.5. The lowest BCUT2D eigenvalue weighted by atomic mass is 9.72. The van der Waals surface area contributed by atoms with Gasteiger partial charge in [0.1, 0.15) is 5.75 Å². The van der Waals surface area contributed by atoms with Crippen molar-refractivity contribution in [1.82, 2.24) is 10.2 Å². The summed E-state index contributed by atoms with van der Waals surface area (Å²) in [5.74, 6) is 1.78. The van der Waals surface area contributed by atoms with E-state index in [4.69, 9.17) is 9.47 Å². The highest BCUT2D eigenvalue weighted by atomic mass is 127. The first kappa shape index (κ1) is 24.5. The normalized spacial score (nSPS) is 15.8. The monoisotopic (exact) mass is 523 g/mol. The number of nitrogens with zero attached hydrogens (tertiary/aromatic N) is 2. The molecule has 0 spiro atoms. The highest BCUT2D eigenvalue weighted by Crippen LogP contribution is 2.36. The Morgan fingerprint density at radius 1 is 1.13 bits per heavy atom. The van der Waals surface area contributed by atoms with Gasteiger partial charge in [0.25, 0.3) is 0 Å². The second-order valence-corrected chi connectivity index (χ2v) is 7.81. The molecule has 164 valence electrons. The Balaban J connectivity index is 0.00000320. The smallest absolute Gasteiger partial charge is 0.193 e. The van der Waals surface area contributed by atoms with E-state index in [0.717, 1.165) is 50.9 Å². The minimum atomic E-state index is 0. The molecule has 2 aromatic carbocycles. The summed E-state index contributed by atoms with van der Waals surface area (Å²) < 4.78 is 10.9. The van der Waals surface area contributed by atoms with E-state index in [0.29, 0.717) is 0 Å². The minimum absolute atomic E-state index is 0. The molecule has 1 heterocycles. The first-order valence-corrected chi connectivity index (χ1v) is 10.3. The van der Waals surface area contributed by atoms with Crippen LogP contribution >= 0.6 is 24.0 Å². The van der Waals surface area contributed by atoms with Crippen molar-refractivity contribution in [3.8, 4) is 5.75 Å². The van der Waals surface area contributed by atoms with Gasteiger partial charge in [0.2, 0.25) is 0 Å². The van der Waals surface area contributed by atoms with Crippen LogP contribution in [-0.4, -0.2) is 51.8 Å². The maximum Gasteiger partial charge on any atom is 0.193 e. The molecule has 1 saturated heterocycles. The SMILES string of the molecule is CN=C(NCC1(c2ccccc2C)CCOCC1)N(C)Cc1ccc(OC)cc1.I. The highest BCUT2D eigenvalue weighted by Gasteiger charge is 2.35. The summed E-state index contributed by atoms with van der Waals surface area (Å²) in [6.45, 7) is 5.44. The van der Waals surface area contributed by atoms with E-state index < -0.39 is 0 Å². The van der Waals surface area contributed by atoms with Gasteiger partial charge in [-0.3, -0.25) is 4.99 Å². The summed E-state index contributed by atoms with van der Waals surface area (Å²) >= 11 is 0. The molecule has 6 heteroatoms. The van der Waals surface area contributed by atoms with E-state index in [1.165, 1.54) is 16.7 Å². The van der Waals surface area contributed by atoms with Crippen molar-refractivity contribution < 1.29 is 9.47 Å². The van der Waals surface area contributed by atoms with Crippen LogP contribution in [0.15, 0.2) is 53.5 Å². The maximum absolute atomic E-state index is 5.69. The molecule has 0 bridgehead atoms. The number of nitrogens with one attached hydrogen (secondary N) is 1. The molecule has 1 N–H and O–H groups in total. The van der Waals surface area contributed by atoms with E-state index >= 15 is 0 Å². The Labute approximate surface area is 197 Å². The zero-order valence-corrected chi connectivity index (χ0v) is 20.8. The molecule has 1 fully saturated rings. The van der Waals surface area contributed by atoms with Crippen molar-refractivity contribution >= 4 is 29.9 Å². The number of guanidine groups is 1. The third-order valence-corrected chi connectivity index (χ3v) is 5.90. The highest BCUT2D eigenvalue weighted by molar-refractivity contribution is 14.0. The standard InChI is InChI=1S/C24H33N3O2.HI/c1-19-7-5-6-8-22(19)24(13-15-29-16-14-24)18-26-23(25-2)27(3)17-20-9-11-21(28-4)12-10-20;/h5-12H,13-18H2,1-4H3,(H,25,26);1H. The predicted octanol–water partition coefficient (Wildman–Crippen LogP) is 4.38. The molecular formula is C24H34IN3O2. The van der Waals surface area contributed by atoms with Gasteiger partial charge in [-0.05, 0) is 48.6 Å². The average Bonchev–Trinajstić information content (AvgIpc) is 2.75. The first-order chi connectivity index (χ1) is 14.1. The summed E-state index contributed by atoms with van der Waals surface area (Å²) in [5.41, 5.74) is 4.05. The Bertz CT molecular complexity index is 817. The number of hydrogen-bond donors (Lipinski definition) is 1. The van der Waals surface area contributed by atoms with Gasteiger partial charge in [0.05, 0.1) is 7.11 Å². The quantitative estimate of drug-likeness (QED) is 0.347. The van der Waals surface area contributed by atoms with E-state index in [1.807, 2.05) is 19.2 Å². The number of ether oxygens (including phenoxy) is 2. The van der Waals surface area contributed by atoms with Crippen LogP contribution in [0.1, 0.15) is 29.5 Å². The third-order valence-electron chi connectivity index (χ3n) is 5.90. The predicted molar refractivity (Wildman–Crippen MR) is 134 cm³/mol. The van der Waals surface area contributed by atoms with Gasteiger partial charge < -0.3 is 19.7 Å². The van der Waals surface area contributed by atoms with Gasteiger partial charge in [-0.15, -0.1) is 24.0 Å². The van der Waals surface area contributed by atoms with E-state index in [2.05, 4.69) is 65.6 Å². The minimum Gasteiger partial charge on any atom is -0.497 e. The first-order valence-electron chi connectivity index (χ1n) is 10.3. The molecular weight excluding hydrogens is 489 g/mol. The second kappa shape index (κ2) is 11.6. The number of hydrogen-bond acceptors (Lipinski definition) is 3. The lowest BCUT2D eigenvalue weighted by Crippen LogP contribution is -2.48. The zero-order chi connectivity index (χ0) is 20.7. The fourth-order valence-electron chi connectivity index (χ4n) is 4.18. The molecule has 2 aromatic rings. The maximum atomic E-state index is 5.69. The molecule has 3 rings (SSSR count). The van der Waals surface area contributed by atoms with Crippen LogP contribution in [0.4, 0.5) is 0 Å². The summed E-state index contributed by atoms with van der Waals surface area (Å²) in [6, 6.07) is 16.9. The molecule has 0 amide bonds. The van der Waals surface area contributed by atoms with Crippen molar-refractivity contribution in [3.63, 3.8) is 0 Å².